The van der Waals surface area contributed by atoms with Crippen LogP contribution in [0.2, 0.25) is 0 Å². The van der Waals surface area contributed by atoms with E-state index in [0.29, 0.717) is 11.1 Å². The maximum absolute atomic E-state index is 13.3. The van der Waals surface area contributed by atoms with Gasteiger partial charge in [0.05, 0.1) is 11.1 Å². The molecule has 0 aromatic heterocycles. The highest BCUT2D eigenvalue weighted by molar-refractivity contribution is 6.44. The van der Waals surface area contributed by atoms with Gasteiger partial charge in [-0.1, -0.05) is 42.5 Å². The van der Waals surface area contributed by atoms with E-state index in [4.69, 9.17) is 0 Å². The van der Waals surface area contributed by atoms with E-state index in [1.165, 1.54) is 18.2 Å². The Morgan fingerprint density at radius 2 is 1.35 bits per heavy atom. The molecular weight excluding hydrogens is 259 g/mol. The Morgan fingerprint density at radius 3 is 2.00 bits per heavy atom. The van der Waals surface area contributed by atoms with Gasteiger partial charge in [-0.25, -0.2) is 14.0 Å². The first-order valence-corrected chi connectivity index (χ1v) is 5.99. The molecule has 0 amide bonds. The predicted molar refractivity (Wildman–Crippen MR) is 70.8 cm³/mol. The SMILES string of the molecule is O=C1OC(=O)C(c2cccc(F)c2)=C1c1ccccc1. The lowest BCUT2D eigenvalue weighted by Crippen LogP contribution is -2.02. The molecule has 0 saturated carbocycles. The summed E-state index contributed by atoms with van der Waals surface area (Å²) in [6.45, 7) is 0. The lowest BCUT2D eigenvalue weighted by molar-refractivity contribution is -0.149. The third-order valence-electron chi connectivity index (χ3n) is 3.02. The lowest BCUT2D eigenvalue weighted by atomic mass is 9.96. The zero-order valence-electron chi connectivity index (χ0n) is 10.3. The van der Waals surface area contributed by atoms with Gasteiger partial charge in [-0.15, -0.1) is 0 Å². The van der Waals surface area contributed by atoms with Crippen LogP contribution in [0.5, 0.6) is 0 Å². The second-order valence-electron chi connectivity index (χ2n) is 4.30. The Balaban J connectivity index is 2.24. The Labute approximate surface area is 114 Å². The van der Waals surface area contributed by atoms with Crippen molar-refractivity contribution in [3.8, 4) is 0 Å². The zero-order valence-corrected chi connectivity index (χ0v) is 10.3. The fourth-order valence-electron chi connectivity index (χ4n) is 2.16. The highest BCUT2D eigenvalue weighted by atomic mass is 19.1. The molecule has 0 bridgehead atoms. The summed E-state index contributed by atoms with van der Waals surface area (Å²) < 4.78 is 18.0. The maximum atomic E-state index is 13.3. The second-order valence-corrected chi connectivity index (χ2v) is 4.30. The molecule has 0 aliphatic carbocycles. The van der Waals surface area contributed by atoms with Gasteiger partial charge in [-0.3, -0.25) is 0 Å². The minimum atomic E-state index is -0.751. The van der Waals surface area contributed by atoms with Crippen LogP contribution in [0.3, 0.4) is 0 Å². The average molecular weight is 268 g/mol. The molecule has 0 spiro atoms. The van der Waals surface area contributed by atoms with Crippen LogP contribution < -0.4 is 0 Å². The third kappa shape index (κ3) is 2.01. The van der Waals surface area contributed by atoms with E-state index in [1.807, 2.05) is 0 Å². The molecule has 3 nitrogen and oxygen atoms in total. The summed E-state index contributed by atoms with van der Waals surface area (Å²) in [6.07, 6.45) is 0. The topological polar surface area (TPSA) is 43.4 Å². The Morgan fingerprint density at radius 1 is 0.750 bits per heavy atom. The number of benzene rings is 2. The summed E-state index contributed by atoms with van der Waals surface area (Å²) in [5.74, 6) is -1.94. The number of carbonyl (C=O) groups is 2. The number of halogens is 1. The summed E-state index contributed by atoms with van der Waals surface area (Å²) in [5, 5.41) is 0. The van der Waals surface area contributed by atoms with Gasteiger partial charge < -0.3 is 4.74 Å². The standard InChI is InChI=1S/C16H9FO3/c17-12-8-4-7-11(9-12)14-13(15(18)20-16(14)19)10-5-2-1-3-6-10/h1-9H. The molecule has 1 aliphatic heterocycles. The third-order valence-corrected chi connectivity index (χ3v) is 3.02. The van der Waals surface area contributed by atoms with Gasteiger partial charge in [0.2, 0.25) is 0 Å². The minimum Gasteiger partial charge on any atom is -0.386 e. The molecule has 0 N–H and O–H groups in total. The quantitative estimate of drug-likeness (QED) is 0.621. The molecule has 0 unspecified atom stereocenters. The van der Waals surface area contributed by atoms with Crippen molar-refractivity contribution in [1.29, 1.82) is 0 Å². The first kappa shape index (κ1) is 12.3. The summed E-state index contributed by atoms with van der Waals surface area (Å²) >= 11 is 0. The molecule has 1 aliphatic rings. The number of cyclic esters (lactones) is 2. The summed E-state index contributed by atoms with van der Waals surface area (Å²) in [4.78, 5) is 23.7. The summed E-state index contributed by atoms with van der Waals surface area (Å²) in [5.41, 5.74) is 1.17. The van der Waals surface area contributed by atoms with Crippen molar-refractivity contribution in [3.05, 3.63) is 71.5 Å². The largest absolute Gasteiger partial charge is 0.386 e. The molecule has 4 heteroatoms. The van der Waals surface area contributed by atoms with Crippen LogP contribution in [0, 0.1) is 5.82 Å². The molecule has 0 fully saturated rings. The molecule has 3 rings (SSSR count). The highest BCUT2D eigenvalue weighted by Gasteiger charge is 2.34. The molecule has 0 radical (unpaired) electrons. The Kier molecular flexibility index (Phi) is 2.91. The number of hydrogen-bond donors (Lipinski definition) is 0. The van der Waals surface area contributed by atoms with Crippen LogP contribution in [-0.4, -0.2) is 11.9 Å². The van der Waals surface area contributed by atoms with Gasteiger partial charge in [0.25, 0.3) is 0 Å². The number of ether oxygens (including phenoxy) is 1. The van der Waals surface area contributed by atoms with Gasteiger partial charge in [0.1, 0.15) is 5.82 Å². The van der Waals surface area contributed by atoms with Crippen LogP contribution in [0.4, 0.5) is 4.39 Å². The van der Waals surface area contributed by atoms with Gasteiger partial charge in [0.15, 0.2) is 0 Å². The van der Waals surface area contributed by atoms with Crippen molar-refractivity contribution in [2.75, 3.05) is 0 Å². The first-order valence-electron chi connectivity index (χ1n) is 5.99. The van der Waals surface area contributed by atoms with Crippen molar-refractivity contribution in [2.24, 2.45) is 0 Å². The molecule has 98 valence electrons. The Bertz CT molecular complexity index is 732. The van der Waals surface area contributed by atoms with Gasteiger partial charge >= 0.3 is 11.9 Å². The van der Waals surface area contributed by atoms with Crippen molar-refractivity contribution < 1.29 is 18.7 Å². The van der Waals surface area contributed by atoms with E-state index in [-0.39, 0.29) is 11.1 Å². The van der Waals surface area contributed by atoms with E-state index in [2.05, 4.69) is 4.74 Å². The van der Waals surface area contributed by atoms with Crippen molar-refractivity contribution >= 4 is 23.1 Å². The van der Waals surface area contributed by atoms with Crippen molar-refractivity contribution in [3.63, 3.8) is 0 Å². The normalized spacial score (nSPS) is 14.7. The maximum Gasteiger partial charge on any atom is 0.347 e. The fraction of sp³-hybridized carbons (Fsp3) is 0. The number of esters is 2. The smallest absolute Gasteiger partial charge is 0.347 e. The minimum absolute atomic E-state index is 0.0979. The Hall–Kier alpha value is -2.75. The molecule has 1 heterocycles. The van der Waals surface area contributed by atoms with Gasteiger partial charge in [0, 0.05) is 0 Å². The fourth-order valence-corrected chi connectivity index (χ4v) is 2.16. The predicted octanol–water partition coefficient (Wildman–Crippen LogP) is 2.82. The molecule has 2 aromatic carbocycles. The number of carbonyl (C=O) groups excluding carboxylic acids is 2. The van der Waals surface area contributed by atoms with E-state index in [0.717, 1.165) is 0 Å². The first-order chi connectivity index (χ1) is 9.66. The van der Waals surface area contributed by atoms with Crippen LogP contribution in [0.15, 0.2) is 54.6 Å². The van der Waals surface area contributed by atoms with Crippen LogP contribution in [0.25, 0.3) is 11.1 Å². The molecule has 0 saturated heterocycles. The molecule has 20 heavy (non-hydrogen) atoms. The van der Waals surface area contributed by atoms with Gasteiger partial charge in [-0.05, 0) is 23.3 Å². The highest BCUT2D eigenvalue weighted by Crippen LogP contribution is 2.33. The molecule has 2 aromatic rings. The van der Waals surface area contributed by atoms with E-state index in [1.54, 1.807) is 36.4 Å². The summed E-state index contributed by atoms with van der Waals surface area (Å²) in [7, 11) is 0. The molecular formula is C16H9FO3. The van der Waals surface area contributed by atoms with Crippen molar-refractivity contribution in [2.45, 2.75) is 0 Å². The molecule has 0 atom stereocenters. The van der Waals surface area contributed by atoms with Crippen LogP contribution in [-0.2, 0) is 14.3 Å². The monoisotopic (exact) mass is 268 g/mol. The van der Waals surface area contributed by atoms with E-state index >= 15 is 0 Å². The second kappa shape index (κ2) is 4.74. The van der Waals surface area contributed by atoms with Gasteiger partial charge in [-0.2, -0.15) is 0 Å². The zero-order chi connectivity index (χ0) is 14.1. The summed E-state index contributed by atoms with van der Waals surface area (Å²) in [6, 6.07) is 14.2. The average Bonchev–Trinajstić information content (AvgIpc) is 2.74. The number of rotatable bonds is 2. The van der Waals surface area contributed by atoms with Crippen LogP contribution >= 0.6 is 0 Å². The van der Waals surface area contributed by atoms with Crippen molar-refractivity contribution in [1.82, 2.24) is 0 Å². The lowest BCUT2D eigenvalue weighted by Gasteiger charge is -2.03. The number of hydrogen-bond acceptors (Lipinski definition) is 3. The van der Waals surface area contributed by atoms with E-state index < -0.39 is 17.8 Å². The van der Waals surface area contributed by atoms with Crippen LogP contribution in [0.1, 0.15) is 11.1 Å². The van der Waals surface area contributed by atoms with E-state index in [9.17, 15) is 14.0 Å².